The molecule has 0 atom stereocenters. The Bertz CT molecular complexity index is 676. The molecule has 6 nitrogen and oxygen atoms in total. The lowest BCUT2D eigenvalue weighted by Gasteiger charge is -2.09. The number of hydrogen-bond acceptors (Lipinski definition) is 4. The number of nitrogens with zero attached hydrogens (tertiary/aromatic N) is 1. The molecule has 0 amide bonds. The van der Waals surface area contributed by atoms with E-state index in [0.29, 0.717) is 11.4 Å². The highest BCUT2D eigenvalue weighted by Crippen LogP contribution is 2.41. The van der Waals surface area contributed by atoms with Gasteiger partial charge in [-0.3, -0.25) is 5.10 Å². The summed E-state index contributed by atoms with van der Waals surface area (Å²) in [5.41, 5.74) is 3.45. The molecular formula is C13H12N2O4. The van der Waals surface area contributed by atoms with Gasteiger partial charge < -0.3 is 14.6 Å². The summed E-state index contributed by atoms with van der Waals surface area (Å²) in [5, 5.41) is 15.4. The van der Waals surface area contributed by atoms with E-state index in [1.165, 1.54) is 6.07 Å². The minimum Gasteiger partial charge on any atom is -0.477 e. The Morgan fingerprint density at radius 2 is 2.11 bits per heavy atom. The van der Waals surface area contributed by atoms with E-state index in [-0.39, 0.29) is 12.5 Å². The van der Waals surface area contributed by atoms with Crippen molar-refractivity contribution in [2.45, 2.75) is 13.8 Å². The number of fused-ring (bicyclic) bond motifs is 1. The molecule has 0 spiro atoms. The number of nitrogens with one attached hydrogen (secondary N) is 1. The van der Waals surface area contributed by atoms with Crippen LogP contribution in [0.2, 0.25) is 0 Å². The number of rotatable bonds is 2. The lowest BCUT2D eigenvalue weighted by Crippen LogP contribution is -1.95. The van der Waals surface area contributed by atoms with Crippen LogP contribution in [0.25, 0.3) is 11.3 Å². The third-order valence-electron chi connectivity index (χ3n) is 3.31. The number of H-pyrrole nitrogens is 1. The van der Waals surface area contributed by atoms with E-state index in [2.05, 4.69) is 10.2 Å². The predicted octanol–water partition coefficient (Wildman–Crippen LogP) is 2.12. The van der Waals surface area contributed by atoms with Crippen LogP contribution >= 0.6 is 0 Å². The van der Waals surface area contributed by atoms with Crippen molar-refractivity contribution in [2.24, 2.45) is 0 Å². The van der Waals surface area contributed by atoms with Crippen molar-refractivity contribution in [2.75, 3.05) is 6.79 Å². The Morgan fingerprint density at radius 1 is 1.32 bits per heavy atom. The molecule has 1 aromatic heterocycles. The fourth-order valence-corrected chi connectivity index (χ4v) is 2.14. The molecule has 0 bridgehead atoms. The van der Waals surface area contributed by atoms with Gasteiger partial charge in [-0.2, -0.15) is 5.10 Å². The zero-order chi connectivity index (χ0) is 13.6. The number of carboxylic acid groups (broad SMARTS) is 1. The Hall–Kier alpha value is -2.50. The lowest BCUT2D eigenvalue weighted by atomic mass is 9.99. The molecule has 0 saturated heterocycles. The number of hydrogen-bond donors (Lipinski definition) is 2. The number of carboxylic acids is 1. The smallest absolute Gasteiger partial charge is 0.353 e. The zero-order valence-corrected chi connectivity index (χ0v) is 10.5. The molecule has 0 fully saturated rings. The fourth-order valence-electron chi connectivity index (χ4n) is 2.14. The molecule has 2 heterocycles. The molecule has 0 aliphatic carbocycles. The van der Waals surface area contributed by atoms with E-state index in [1.54, 1.807) is 0 Å². The maximum atomic E-state index is 10.9. The highest BCUT2D eigenvalue weighted by molar-refractivity contribution is 5.87. The van der Waals surface area contributed by atoms with Gasteiger partial charge in [-0.25, -0.2) is 4.79 Å². The van der Waals surface area contributed by atoms with Gasteiger partial charge in [-0.1, -0.05) is 0 Å². The van der Waals surface area contributed by atoms with Crippen molar-refractivity contribution in [3.8, 4) is 22.8 Å². The summed E-state index contributed by atoms with van der Waals surface area (Å²) >= 11 is 0. The van der Waals surface area contributed by atoms with Crippen LogP contribution in [0.1, 0.15) is 21.6 Å². The molecule has 0 radical (unpaired) electrons. The Morgan fingerprint density at radius 3 is 2.79 bits per heavy atom. The summed E-state index contributed by atoms with van der Waals surface area (Å²) in [4.78, 5) is 10.9. The van der Waals surface area contributed by atoms with Crippen LogP contribution < -0.4 is 9.47 Å². The fraction of sp³-hybridized carbons (Fsp3) is 0.231. The Balaban J connectivity index is 2.14. The van der Waals surface area contributed by atoms with Crippen LogP contribution in [0.5, 0.6) is 11.5 Å². The van der Waals surface area contributed by atoms with E-state index in [4.69, 9.17) is 14.6 Å². The first-order valence-corrected chi connectivity index (χ1v) is 5.77. The number of aromatic nitrogens is 2. The van der Waals surface area contributed by atoms with E-state index < -0.39 is 5.97 Å². The normalized spacial score (nSPS) is 12.7. The molecule has 0 unspecified atom stereocenters. The van der Waals surface area contributed by atoms with Crippen molar-refractivity contribution in [3.05, 3.63) is 29.0 Å². The number of aromatic carboxylic acids is 1. The first-order valence-electron chi connectivity index (χ1n) is 5.77. The molecule has 1 aliphatic heterocycles. The number of ether oxygens (including phenoxy) is 2. The van der Waals surface area contributed by atoms with Crippen LogP contribution in [0.4, 0.5) is 0 Å². The molecule has 98 valence electrons. The molecule has 3 rings (SSSR count). The molecular weight excluding hydrogens is 248 g/mol. The predicted molar refractivity (Wildman–Crippen MR) is 66.6 cm³/mol. The van der Waals surface area contributed by atoms with Crippen molar-refractivity contribution < 1.29 is 19.4 Å². The molecule has 19 heavy (non-hydrogen) atoms. The van der Waals surface area contributed by atoms with Gasteiger partial charge in [0.15, 0.2) is 11.5 Å². The SMILES string of the molecule is Cc1c(-c2cc(C(=O)O)[nH]n2)cc2c(c1C)OCO2. The van der Waals surface area contributed by atoms with Gasteiger partial charge in [0.25, 0.3) is 0 Å². The lowest BCUT2D eigenvalue weighted by molar-refractivity contribution is 0.0690. The minimum atomic E-state index is -1.03. The average molecular weight is 260 g/mol. The second-order valence-electron chi connectivity index (χ2n) is 4.38. The van der Waals surface area contributed by atoms with Gasteiger partial charge >= 0.3 is 5.97 Å². The summed E-state index contributed by atoms with van der Waals surface area (Å²) in [5.74, 6) is 0.377. The minimum absolute atomic E-state index is 0.0599. The Labute approximate surface area is 109 Å². The maximum Gasteiger partial charge on any atom is 0.353 e. The first kappa shape index (κ1) is 11.6. The molecule has 2 N–H and O–H groups in total. The van der Waals surface area contributed by atoms with Gasteiger partial charge in [-0.15, -0.1) is 0 Å². The van der Waals surface area contributed by atoms with E-state index in [0.717, 1.165) is 22.4 Å². The molecule has 2 aromatic rings. The van der Waals surface area contributed by atoms with Crippen molar-refractivity contribution >= 4 is 5.97 Å². The summed E-state index contributed by atoms with van der Waals surface area (Å²) in [6.07, 6.45) is 0. The highest BCUT2D eigenvalue weighted by atomic mass is 16.7. The summed E-state index contributed by atoms with van der Waals surface area (Å²) in [6.45, 7) is 4.10. The highest BCUT2D eigenvalue weighted by Gasteiger charge is 2.22. The van der Waals surface area contributed by atoms with Gasteiger partial charge in [0.2, 0.25) is 6.79 Å². The second-order valence-corrected chi connectivity index (χ2v) is 4.38. The van der Waals surface area contributed by atoms with Crippen LogP contribution in [0.3, 0.4) is 0 Å². The van der Waals surface area contributed by atoms with Gasteiger partial charge in [-0.05, 0) is 37.1 Å². The molecule has 1 aliphatic rings. The quantitative estimate of drug-likeness (QED) is 0.864. The average Bonchev–Trinajstić information content (AvgIpc) is 3.01. The molecule has 0 saturated carbocycles. The third kappa shape index (κ3) is 1.72. The van der Waals surface area contributed by atoms with Crippen LogP contribution in [-0.4, -0.2) is 28.1 Å². The third-order valence-corrected chi connectivity index (χ3v) is 3.31. The number of benzene rings is 1. The van der Waals surface area contributed by atoms with E-state index in [1.807, 2.05) is 19.9 Å². The summed E-state index contributed by atoms with van der Waals surface area (Å²) < 4.78 is 10.8. The standard InChI is InChI=1S/C13H12N2O4/c1-6-7(2)12-11(18-5-19-12)3-8(6)9-4-10(13(16)17)15-14-9/h3-4H,5H2,1-2H3,(H,14,15)(H,16,17). The second kappa shape index (κ2) is 4.01. The summed E-state index contributed by atoms with van der Waals surface area (Å²) in [7, 11) is 0. The van der Waals surface area contributed by atoms with Crippen molar-refractivity contribution in [3.63, 3.8) is 0 Å². The van der Waals surface area contributed by atoms with Gasteiger partial charge in [0.05, 0.1) is 5.69 Å². The maximum absolute atomic E-state index is 10.9. The number of carbonyl (C=O) groups is 1. The van der Waals surface area contributed by atoms with Gasteiger partial charge in [0.1, 0.15) is 5.69 Å². The zero-order valence-electron chi connectivity index (χ0n) is 10.5. The van der Waals surface area contributed by atoms with Crippen LogP contribution in [0.15, 0.2) is 12.1 Å². The first-order chi connectivity index (χ1) is 9.08. The topological polar surface area (TPSA) is 84.4 Å². The van der Waals surface area contributed by atoms with Crippen molar-refractivity contribution in [1.29, 1.82) is 0 Å². The van der Waals surface area contributed by atoms with Crippen LogP contribution in [0, 0.1) is 13.8 Å². The molecule has 6 heteroatoms. The largest absolute Gasteiger partial charge is 0.477 e. The van der Waals surface area contributed by atoms with E-state index in [9.17, 15) is 4.79 Å². The summed E-state index contributed by atoms with van der Waals surface area (Å²) in [6, 6.07) is 3.33. The molecule has 1 aromatic carbocycles. The number of aromatic amines is 1. The van der Waals surface area contributed by atoms with Crippen LogP contribution in [-0.2, 0) is 0 Å². The van der Waals surface area contributed by atoms with Gasteiger partial charge in [0, 0.05) is 5.56 Å². The monoisotopic (exact) mass is 260 g/mol. The van der Waals surface area contributed by atoms with Crippen molar-refractivity contribution in [1.82, 2.24) is 10.2 Å². The van der Waals surface area contributed by atoms with E-state index >= 15 is 0 Å². The Kier molecular flexibility index (Phi) is 2.45.